The van der Waals surface area contributed by atoms with Crippen molar-refractivity contribution < 1.29 is 27.5 Å². The van der Waals surface area contributed by atoms with Gasteiger partial charge >= 0.3 is 5.97 Å². The molecule has 3 atom stereocenters. The molecule has 2 aliphatic heterocycles. The second-order valence-corrected chi connectivity index (χ2v) is 7.97. The Morgan fingerprint density at radius 3 is 2.44 bits per heavy atom. The number of fused-ring (bicyclic) bond motifs is 2. The fourth-order valence-corrected chi connectivity index (χ4v) is 4.99. The number of nitrogens with zero attached hydrogens (tertiary/aromatic N) is 1. The highest BCUT2D eigenvalue weighted by Gasteiger charge is 2.61. The number of piperidine rings is 1. The molecule has 1 amide bonds. The number of sulfonamides is 1. The second kappa shape index (κ2) is 5.96. The van der Waals surface area contributed by atoms with Crippen molar-refractivity contribution in [3.8, 4) is 0 Å². The van der Waals surface area contributed by atoms with E-state index in [1.54, 1.807) is 18.2 Å². The lowest BCUT2D eigenvalue weighted by molar-refractivity contribution is -0.175. The van der Waals surface area contributed by atoms with Crippen LogP contribution in [-0.2, 0) is 29.1 Å². The van der Waals surface area contributed by atoms with Crippen molar-refractivity contribution >= 4 is 21.9 Å². The largest absolute Gasteiger partial charge is 0.469 e. The molecule has 0 aromatic heterocycles. The number of carbonyl (C=O) groups excluding carboxylic acids is 2. The Morgan fingerprint density at radius 2 is 1.88 bits per heavy atom. The molecule has 2 bridgehead atoms. The van der Waals surface area contributed by atoms with Gasteiger partial charge in [0.25, 0.3) is 15.9 Å². The fourth-order valence-electron chi connectivity index (χ4n) is 3.40. The van der Waals surface area contributed by atoms with E-state index in [9.17, 15) is 18.0 Å². The second-order valence-electron chi connectivity index (χ2n) is 6.15. The van der Waals surface area contributed by atoms with E-state index >= 15 is 0 Å². The number of benzene rings is 1. The number of amides is 1. The lowest BCUT2D eigenvalue weighted by Crippen LogP contribution is -2.67. The molecule has 0 radical (unpaired) electrons. The summed E-state index contributed by atoms with van der Waals surface area (Å²) < 4.78 is 36.9. The van der Waals surface area contributed by atoms with E-state index in [1.165, 1.54) is 32.4 Å². The fraction of sp³-hybridized carbons (Fsp3) is 0.412. The Hall–Kier alpha value is -2.19. The molecular weight excluding hydrogens is 346 g/mol. The highest BCUT2D eigenvalue weighted by Crippen LogP contribution is 2.44. The summed E-state index contributed by atoms with van der Waals surface area (Å²) in [4.78, 5) is 25.1. The van der Waals surface area contributed by atoms with Gasteiger partial charge in [-0.15, -0.1) is 0 Å². The van der Waals surface area contributed by atoms with Crippen LogP contribution in [0.5, 0.6) is 0 Å². The summed E-state index contributed by atoms with van der Waals surface area (Å²) >= 11 is 0. The number of hydrogen-bond acceptors (Lipinski definition) is 6. The smallest absolute Gasteiger partial charge is 0.312 e. The molecule has 1 saturated heterocycles. The van der Waals surface area contributed by atoms with E-state index in [0.29, 0.717) is 0 Å². The van der Waals surface area contributed by atoms with E-state index in [2.05, 4.69) is 0 Å². The number of carbonyl (C=O) groups is 2. The van der Waals surface area contributed by atoms with E-state index < -0.39 is 39.5 Å². The molecule has 1 aromatic carbocycles. The summed E-state index contributed by atoms with van der Waals surface area (Å²) in [6.45, 7) is 1.84. The topological polar surface area (TPSA) is 90.0 Å². The van der Waals surface area contributed by atoms with Crippen molar-refractivity contribution in [2.45, 2.75) is 29.9 Å². The van der Waals surface area contributed by atoms with Gasteiger partial charge in [0.05, 0.1) is 18.0 Å². The minimum absolute atomic E-state index is 0.0215. The third-order valence-corrected chi connectivity index (χ3v) is 6.62. The van der Waals surface area contributed by atoms with Crippen LogP contribution in [0.4, 0.5) is 0 Å². The normalized spacial score (nSPS) is 28.3. The zero-order chi connectivity index (χ0) is 18.4. The lowest BCUT2D eigenvalue weighted by Gasteiger charge is -2.49. The number of rotatable bonds is 4. The molecule has 8 heteroatoms. The van der Waals surface area contributed by atoms with E-state index in [0.717, 1.165) is 9.87 Å². The SMILES string of the molecule is COC(=O)[C@@H]1C[C@@H]2C=C[C@@]1(OC)C(=O)N2S(=O)(=O)c1ccc(C)cc1. The molecule has 1 aromatic rings. The van der Waals surface area contributed by atoms with E-state index in [-0.39, 0.29) is 11.3 Å². The quantitative estimate of drug-likeness (QED) is 0.585. The summed E-state index contributed by atoms with van der Waals surface area (Å²) in [5.41, 5.74) is -0.760. The molecule has 2 heterocycles. The molecule has 1 fully saturated rings. The summed E-state index contributed by atoms with van der Waals surface area (Å²) in [6.07, 6.45) is 3.18. The molecule has 7 nitrogen and oxygen atoms in total. The highest BCUT2D eigenvalue weighted by molar-refractivity contribution is 7.89. The summed E-state index contributed by atoms with van der Waals surface area (Å²) in [5.74, 6) is -2.25. The van der Waals surface area contributed by atoms with Crippen molar-refractivity contribution in [3.05, 3.63) is 42.0 Å². The Morgan fingerprint density at radius 1 is 1.24 bits per heavy atom. The van der Waals surface area contributed by atoms with Crippen LogP contribution in [0.1, 0.15) is 12.0 Å². The molecular formula is C17H19NO6S. The van der Waals surface area contributed by atoms with Crippen LogP contribution >= 0.6 is 0 Å². The van der Waals surface area contributed by atoms with Crippen LogP contribution in [0.2, 0.25) is 0 Å². The molecule has 134 valence electrons. The third kappa shape index (κ3) is 2.47. The number of esters is 1. The average molecular weight is 365 g/mol. The predicted octanol–water partition coefficient (Wildman–Crippen LogP) is 1.03. The molecule has 3 aliphatic rings. The summed E-state index contributed by atoms with van der Waals surface area (Å²) in [5, 5.41) is 0. The first-order chi connectivity index (χ1) is 11.8. The van der Waals surface area contributed by atoms with Gasteiger partial charge in [-0.3, -0.25) is 9.59 Å². The van der Waals surface area contributed by atoms with Crippen molar-refractivity contribution in [1.29, 1.82) is 0 Å². The monoisotopic (exact) mass is 365 g/mol. The maximum atomic E-state index is 13.0. The van der Waals surface area contributed by atoms with Gasteiger partial charge in [0.15, 0.2) is 5.60 Å². The Balaban J connectivity index is 2.07. The number of aryl methyl sites for hydroxylation is 1. The van der Waals surface area contributed by atoms with Gasteiger partial charge in [0.2, 0.25) is 0 Å². The highest BCUT2D eigenvalue weighted by atomic mass is 32.2. The van der Waals surface area contributed by atoms with Crippen LogP contribution in [0, 0.1) is 12.8 Å². The van der Waals surface area contributed by atoms with Gasteiger partial charge in [-0.25, -0.2) is 12.7 Å². The molecule has 0 N–H and O–H groups in total. The van der Waals surface area contributed by atoms with Crippen LogP contribution in [0.25, 0.3) is 0 Å². The zero-order valence-electron chi connectivity index (χ0n) is 14.1. The predicted molar refractivity (Wildman–Crippen MR) is 88.0 cm³/mol. The molecule has 4 rings (SSSR count). The van der Waals surface area contributed by atoms with Gasteiger partial charge in [-0.1, -0.05) is 23.8 Å². The van der Waals surface area contributed by atoms with Crippen molar-refractivity contribution in [2.75, 3.05) is 14.2 Å². The third-order valence-electron chi connectivity index (χ3n) is 4.80. The van der Waals surface area contributed by atoms with Gasteiger partial charge < -0.3 is 9.47 Å². The number of ether oxygens (including phenoxy) is 2. The summed E-state index contributed by atoms with van der Waals surface area (Å²) in [7, 11) is -1.56. The van der Waals surface area contributed by atoms with Crippen LogP contribution in [0.3, 0.4) is 0 Å². The average Bonchev–Trinajstić information content (AvgIpc) is 2.61. The van der Waals surface area contributed by atoms with Crippen LogP contribution < -0.4 is 0 Å². The maximum Gasteiger partial charge on any atom is 0.312 e. The van der Waals surface area contributed by atoms with Gasteiger partial charge in [-0.05, 0) is 31.6 Å². The Labute approximate surface area is 146 Å². The van der Waals surface area contributed by atoms with Gasteiger partial charge in [0, 0.05) is 7.11 Å². The first kappa shape index (κ1) is 17.6. The van der Waals surface area contributed by atoms with Crippen LogP contribution in [0.15, 0.2) is 41.3 Å². The molecule has 25 heavy (non-hydrogen) atoms. The van der Waals surface area contributed by atoms with Crippen molar-refractivity contribution in [3.63, 3.8) is 0 Å². The molecule has 0 saturated carbocycles. The molecule has 0 unspecified atom stereocenters. The first-order valence-corrected chi connectivity index (χ1v) is 9.20. The first-order valence-electron chi connectivity index (χ1n) is 7.76. The minimum Gasteiger partial charge on any atom is -0.469 e. The van der Waals surface area contributed by atoms with Gasteiger partial charge in [0.1, 0.15) is 5.92 Å². The van der Waals surface area contributed by atoms with Crippen molar-refractivity contribution in [2.24, 2.45) is 5.92 Å². The van der Waals surface area contributed by atoms with E-state index in [1.807, 2.05) is 6.92 Å². The summed E-state index contributed by atoms with van der Waals surface area (Å²) in [6, 6.07) is 5.50. The Bertz CT molecular complexity index is 844. The number of methoxy groups -OCH3 is 2. The lowest BCUT2D eigenvalue weighted by atomic mass is 9.73. The molecule has 1 aliphatic carbocycles. The standard InChI is InChI=1S/C17H19NO6S/c1-11-4-6-13(7-5-11)25(21,22)18-12-8-9-17(24-3,16(18)20)14(10-12)15(19)23-2/h4-9,12,14H,10H2,1-3H3/t12-,14-,17-/m0/s1. The van der Waals surface area contributed by atoms with Crippen LogP contribution in [-0.4, -0.2) is 50.5 Å². The van der Waals surface area contributed by atoms with Crippen molar-refractivity contribution in [1.82, 2.24) is 4.31 Å². The number of hydrogen-bond donors (Lipinski definition) is 0. The van der Waals surface area contributed by atoms with E-state index in [4.69, 9.17) is 9.47 Å². The van der Waals surface area contributed by atoms with Gasteiger partial charge in [-0.2, -0.15) is 0 Å². The molecule has 0 spiro atoms. The Kier molecular flexibility index (Phi) is 4.20. The maximum absolute atomic E-state index is 13.0. The minimum atomic E-state index is -4.06. The zero-order valence-corrected chi connectivity index (χ0v) is 14.9.